The average Bonchev–Trinajstić information content (AvgIpc) is 3.55. The predicted octanol–water partition coefficient (Wildman–Crippen LogP) is 2.72. The van der Waals surface area contributed by atoms with Crippen LogP contribution in [0, 0.1) is 11.7 Å². The van der Waals surface area contributed by atoms with Crippen molar-refractivity contribution in [2.75, 3.05) is 18.0 Å². The summed E-state index contributed by atoms with van der Waals surface area (Å²) in [6.45, 7) is -0.116. The third kappa shape index (κ3) is 3.19. The Bertz CT molecular complexity index is 1800. The zero-order valence-electron chi connectivity index (χ0n) is 21.1. The first-order valence-electron chi connectivity index (χ1n) is 13.1. The van der Waals surface area contributed by atoms with E-state index in [0.717, 1.165) is 11.0 Å². The normalized spacial score (nSPS) is 25.9. The standard InChI is InChI=1S/C28H20F2N4O7/c29-17-7-14-19(32(11-5-6-11)9-16(22(14)35)28(38)39)24-20(17)33-8-15-18(31-41-23(15)21(33)25(30)40-24)10-34-26(36)12-3-1-2-4-13(12)27(34)37/h1-4,7,9,11,15,21,23,25H,5-6,8,10H2,(H,38,39). The van der Waals surface area contributed by atoms with Crippen LogP contribution in [-0.2, 0) is 4.84 Å². The lowest BCUT2D eigenvalue weighted by molar-refractivity contribution is -0.0285. The second-order valence-electron chi connectivity index (χ2n) is 10.9. The number of benzene rings is 2. The number of ether oxygens (including phenoxy) is 1. The molecule has 0 spiro atoms. The summed E-state index contributed by atoms with van der Waals surface area (Å²) >= 11 is 0. The molecule has 1 saturated carbocycles. The van der Waals surface area contributed by atoms with E-state index in [9.17, 15) is 24.3 Å². The molecule has 3 aromatic rings. The van der Waals surface area contributed by atoms with Crippen LogP contribution in [0.3, 0.4) is 0 Å². The second kappa shape index (κ2) is 8.12. The molecule has 1 N–H and O–H groups in total. The summed E-state index contributed by atoms with van der Waals surface area (Å²) in [6, 6.07) is 6.21. The molecule has 8 rings (SSSR count). The van der Waals surface area contributed by atoms with E-state index in [-0.39, 0.29) is 52.6 Å². The lowest BCUT2D eigenvalue weighted by atomic mass is 9.96. The van der Waals surface area contributed by atoms with Crippen molar-refractivity contribution in [1.82, 2.24) is 9.47 Å². The smallest absolute Gasteiger partial charge is 0.341 e. The molecule has 5 aliphatic rings. The summed E-state index contributed by atoms with van der Waals surface area (Å²) in [6.07, 6.45) is -0.245. The molecule has 11 nitrogen and oxygen atoms in total. The van der Waals surface area contributed by atoms with Gasteiger partial charge < -0.3 is 24.1 Å². The molecule has 0 radical (unpaired) electrons. The van der Waals surface area contributed by atoms with E-state index < -0.39 is 59.0 Å². The van der Waals surface area contributed by atoms with Gasteiger partial charge in [0.1, 0.15) is 17.3 Å². The maximum absolute atomic E-state index is 15.8. The molecular formula is C28H20F2N4O7. The van der Waals surface area contributed by atoms with Crippen molar-refractivity contribution >= 4 is 40.1 Å². The molecule has 1 aliphatic carbocycles. The van der Waals surface area contributed by atoms with Gasteiger partial charge in [-0.15, -0.1) is 0 Å². The van der Waals surface area contributed by atoms with E-state index >= 15 is 8.78 Å². The quantitative estimate of drug-likeness (QED) is 0.481. The minimum absolute atomic E-state index is 0.0530. The SMILES string of the molecule is O=C(O)c1cn(C2CC2)c2c3c(c(F)cc2c1=O)N1CC2C(CN4C(=O)c5ccccc5C4=O)=NOC2C1C(F)O3. The number of amides is 2. The van der Waals surface area contributed by atoms with Crippen LogP contribution in [0.2, 0.25) is 0 Å². The highest BCUT2D eigenvalue weighted by Gasteiger charge is 2.57. The van der Waals surface area contributed by atoms with Crippen LogP contribution in [0.5, 0.6) is 5.75 Å². The Balaban J connectivity index is 1.18. The number of oxime groups is 1. The molecule has 2 aromatic carbocycles. The van der Waals surface area contributed by atoms with Gasteiger partial charge in [0.05, 0.1) is 40.2 Å². The number of anilines is 1. The first-order chi connectivity index (χ1) is 19.7. The summed E-state index contributed by atoms with van der Waals surface area (Å²) in [5, 5.41) is 13.4. The maximum atomic E-state index is 15.8. The van der Waals surface area contributed by atoms with Crippen LogP contribution < -0.4 is 15.1 Å². The zero-order valence-corrected chi connectivity index (χ0v) is 21.1. The lowest BCUT2D eigenvalue weighted by Crippen LogP contribution is -2.49. The molecule has 2 amide bonds. The van der Waals surface area contributed by atoms with Crippen LogP contribution in [0.25, 0.3) is 10.9 Å². The molecule has 1 aromatic heterocycles. The van der Waals surface area contributed by atoms with Gasteiger partial charge in [-0.25, -0.2) is 9.18 Å². The van der Waals surface area contributed by atoms with Crippen molar-refractivity contribution in [2.24, 2.45) is 11.1 Å². The van der Waals surface area contributed by atoms with E-state index in [0.29, 0.717) is 18.6 Å². The van der Waals surface area contributed by atoms with Gasteiger partial charge in [-0.3, -0.25) is 19.3 Å². The highest BCUT2D eigenvalue weighted by Crippen LogP contribution is 2.51. The molecule has 5 heterocycles. The fraction of sp³-hybridized carbons (Fsp3) is 0.321. The highest BCUT2D eigenvalue weighted by molar-refractivity contribution is 6.22. The first-order valence-corrected chi connectivity index (χ1v) is 13.1. The van der Waals surface area contributed by atoms with Crippen LogP contribution in [0.15, 0.2) is 46.5 Å². The van der Waals surface area contributed by atoms with Crippen molar-refractivity contribution < 1.29 is 37.8 Å². The molecule has 4 unspecified atom stereocenters. The van der Waals surface area contributed by atoms with Gasteiger partial charge >= 0.3 is 5.97 Å². The number of rotatable bonds is 4. The number of carbonyl (C=O) groups is 3. The number of hydrogen-bond donors (Lipinski definition) is 1. The molecule has 41 heavy (non-hydrogen) atoms. The van der Waals surface area contributed by atoms with E-state index in [2.05, 4.69) is 5.16 Å². The van der Waals surface area contributed by atoms with Crippen LogP contribution >= 0.6 is 0 Å². The molecular weight excluding hydrogens is 542 g/mol. The van der Waals surface area contributed by atoms with Gasteiger partial charge in [-0.05, 0) is 31.0 Å². The predicted molar refractivity (Wildman–Crippen MR) is 138 cm³/mol. The Kier molecular flexibility index (Phi) is 4.76. The Morgan fingerprint density at radius 1 is 1.12 bits per heavy atom. The van der Waals surface area contributed by atoms with Crippen molar-refractivity contribution in [3.63, 3.8) is 0 Å². The van der Waals surface area contributed by atoms with Crippen LogP contribution in [0.4, 0.5) is 14.5 Å². The number of carboxylic acid groups (broad SMARTS) is 1. The summed E-state index contributed by atoms with van der Waals surface area (Å²) in [5.74, 6) is -4.01. The summed E-state index contributed by atoms with van der Waals surface area (Å²) in [5.41, 5.74) is -0.411. The Labute approximate surface area is 229 Å². The monoisotopic (exact) mass is 562 g/mol. The van der Waals surface area contributed by atoms with Gasteiger partial charge in [-0.2, -0.15) is 4.39 Å². The largest absolute Gasteiger partial charge is 0.477 e. The molecule has 13 heteroatoms. The molecule has 0 bridgehead atoms. The Morgan fingerprint density at radius 3 is 2.49 bits per heavy atom. The second-order valence-corrected chi connectivity index (χ2v) is 10.9. The minimum atomic E-state index is -2.00. The molecule has 4 aliphatic heterocycles. The van der Waals surface area contributed by atoms with E-state index in [1.807, 2.05) is 0 Å². The van der Waals surface area contributed by atoms with Gasteiger partial charge in [0.25, 0.3) is 18.2 Å². The van der Waals surface area contributed by atoms with Crippen molar-refractivity contribution in [1.29, 1.82) is 0 Å². The average molecular weight is 562 g/mol. The fourth-order valence-corrected chi connectivity index (χ4v) is 6.50. The maximum Gasteiger partial charge on any atom is 0.341 e. The van der Waals surface area contributed by atoms with E-state index in [1.165, 1.54) is 11.1 Å². The van der Waals surface area contributed by atoms with E-state index in [1.54, 1.807) is 28.8 Å². The fourth-order valence-electron chi connectivity index (χ4n) is 6.50. The number of alkyl halides is 1. The van der Waals surface area contributed by atoms with Crippen molar-refractivity contribution in [2.45, 2.75) is 37.4 Å². The minimum Gasteiger partial charge on any atom is -0.477 e. The van der Waals surface area contributed by atoms with Crippen LogP contribution in [-0.4, -0.2) is 69.7 Å². The summed E-state index contributed by atoms with van der Waals surface area (Å²) < 4.78 is 38.8. The number of imide groups is 1. The van der Waals surface area contributed by atoms with E-state index in [4.69, 9.17) is 9.57 Å². The van der Waals surface area contributed by atoms with Crippen molar-refractivity contribution in [3.8, 4) is 5.75 Å². The summed E-state index contributed by atoms with van der Waals surface area (Å²) in [7, 11) is 0. The van der Waals surface area contributed by atoms with Gasteiger partial charge in [0, 0.05) is 18.8 Å². The Hall–Kier alpha value is -4.81. The number of halogens is 2. The number of hydrogen-bond acceptors (Lipinski definition) is 8. The molecule has 1 saturated heterocycles. The first kappa shape index (κ1) is 24.0. The molecule has 4 atom stereocenters. The number of pyridine rings is 1. The van der Waals surface area contributed by atoms with Crippen molar-refractivity contribution in [3.05, 3.63) is 69.3 Å². The van der Waals surface area contributed by atoms with Gasteiger partial charge in [-0.1, -0.05) is 17.3 Å². The number of fused-ring (bicyclic) bond motifs is 8. The molecule has 2 fully saturated rings. The number of nitrogens with zero attached hydrogens (tertiary/aromatic N) is 4. The number of carbonyl (C=O) groups excluding carboxylic acids is 2. The lowest BCUT2D eigenvalue weighted by Gasteiger charge is -2.37. The Morgan fingerprint density at radius 2 is 1.83 bits per heavy atom. The number of carboxylic acids is 1. The van der Waals surface area contributed by atoms with Crippen LogP contribution in [0.1, 0.15) is 50.0 Å². The summed E-state index contributed by atoms with van der Waals surface area (Å²) in [4.78, 5) is 58.7. The zero-order chi connectivity index (χ0) is 28.3. The number of aromatic nitrogens is 1. The van der Waals surface area contributed by atoms with Gasteiger partial charge in [0.15, 0.2) is 17.7 Å². The third-order valence-electron chi connectivity index (χ3n) is 8.56. The third-order valence-corrected chi connectivity index (χ3v) is 8.56. The topological polar surface area (TPSA) is 131 Å². The number of aromatic carboxylic acids is 1. The highest BCUT2D eigenvalue weighted by atomic mass is 19.1. The van der Waals surface area contributed by atoms with Gasteiger partial charge in [0.2, 0.25) is 5.43 Å². The molecule has 208 valence electrons.